The number of imide groups is 1. The Morgan fingerprint density at radius 3 is 2.73 bits per heavy atom. The monoisotopic (exact) mass is 632 g/mol. The fourth-order valence-electron chi connectivity index (χ4n) is 4.78. The molecule has 1 aromatic heterocycles. The van der Waals surface area contributed by atoms with E-state index < -0.39 is 23.7 Å². The lowest BCUT2D eigenvalue weighted by Gasteiger charge is -2.34. The molecule has 1 aliphatic heterocycles. The quantitative estimate of drug-likeness (QED) is 0.147. The molecule has 0 saturated carbocycles. The summed E-state index contributed by atoms with van der Waals surface area (Å²) in [5.41, 5.74) is 2.14. The lowest BCUT2D eigenvalue weighted by Crippen LogP contribution is -2.49. The number of carbonyl (C=O) groups excluding carboxylic acids is 1. The average Bonchev–Trinajstić information content (AvgIpc) is 3.03. The number of hydrogen-bond acceptors (Lipinski definition) is 8. The van der Waals surface area contributed by atoms with Crippen molar-refractivity contribution in [2.45, 2.75) is 19.6 Å². The number of para-hydroxylation sites is 1. The number of pyridine rings is 1. The Kier molecular flexibility index (Phi) is 11.2. The number of methoxy groups -OCH3 is 1. The Bertz CT molecular complexity index is 1630. The first-order valence-electron chi connectivity index (χ1n) is 13.9. The number of nitrogens with zero attached hydrogens (tertiary/aromatic N) is 2. The van der Waals surface area contributed by atoms with Crippen LogP contribution in [-0.2, 0) is 17.9 Å². The molecule has 10 nitrogen and oxygen atoms in total. The summed E-state index contributed by atoms with van der Waals surface area (Å²) in [5.74, 6) is -0.843. The van der Waals surface area contributed by atoms with Crippen LogP contribution in [0.3, 0.4) is 0 Å². The summed E-state index contributed by atoms with van der Waals surface area (Å²) in [4.78, 5) is 30.4. The molecule has 1 unspecified atom stereocenters. The fraction of sp³-hybridized carbons (Fsp3) is 0.212. The third kappa shape index (κ3) is 8.03. The third-order valence-corrected chi connectivity index (χ3v) is 7.17. The minimum absolute atomic E-state index is 0.0651. The Morgan fingerprint density at radius 1 is 1.20 bits per heavy atom. The van der Waals surface area contributed by atoms with E-state index in [1.807, 2.05) is 24.3 Å². The highest BCUT2D eigenvalue weighted by Crippen LogP contribution is 2.32. The van der Waals surface area contributed by atoms with Crippen LogP contribution in [0.25, 0.3) is 0 Å². The second-order valence-electron chi connectivity index (χ2n) is 9.86. The predicted octanol–water partition coefficient (Wildman–Crippen LogP) is 5.87. The molecule has 3 aromatic rings. The first kappa shape index (κ1) is 32.7. The van der Waals surface area contributed by atoms with Gasteiger partial charge < -0.3 is 30.0 Å². The van der Waals surface area contributed by atoms with Crippen LogP contribution in [0.4, 0.5) is 14.9 Å². The highest BCUT2D eigenvalue weighted by atomic mass is 32.1. The Balaban J connectivity index is 1.63. The molecule has 12 heteroatoms. The van der Waals surface area contributed by atoms with Crippen molar-refractivity contribution in [3.05, 3.63) is 114 Å². The van der Waals surface area contributed by atoms with E-state index in [1.54, 1.807) is 30.6 Å². The van der Waals surface area contributed by atoms with Gasteiger partial charge in [0.25, 0.3) is 5.91 Å². The van der Waals surface area contributed by atoms with Crippen LogP contribution in [0.5, 0.6) is 17.2 Å². The Labute approximate surface area is 265 Å². The molecule has 2 heterocycles. The largest absolute Gasteiger partial charge is 0.492 e. The molecule has 0 aliphatic carbocycles. The summed E-state index contributed by atoms with van der Waals surface area (Å²) in [6, 6.07) is 13.5. The number of hydrogen-bond donors (Lipinski definition) is 3. The Hall–Kier alpha value is -5.23. The summed E-state index contributed by atoms with van der Waals surface area (Å²) in [6.45, 7) is 8.18. The lowest BCUT2D eigenvalue weighted by atomic mass is 9.91. The number of carbonyl (C=O) groups is 2. The number of allylic oxidation sites excluding steroid dienone is 1. The standard InChI is InChI=1S/C33H33FN4O6S/c1-4-8-23-19-38(33(40)41)32(39)28(31(45)37-26-12-7-11-25(34)30(26)42-3)29(23)36-17-22-13-14-35-18-27(22)44-20-21-9-6-10-24(16-21)43-15-5-2/h4-7,9-14,16,18,23,36H,1-2,8,15,17,19-20H2,3H3,(H,37,45)(H,40,41). The lowest BCUT2D eigenvalue weighted by molar-refractivity contribution is -0.125. The van der Waals surface area contributed by atoms with Gasteiger partial charge in [-0.3, -0.25) is 9.78 Å². The topological polar surface area (TPSA) is 122 Å². The molecule has 0 spiro atoms. The van der Waals surface area contributed by atoms with Crippen molar-refractivity contribution >= 4 is 34.9 Å². The van der Waals surface area contributed by atoms with Crippen LogP contribution in [0.15, 0.2) is 97.5 Å². The fourth-order valence-corrected chi connectivity index (χ4v) is 5.08. The van der Waals surface area contributed by atoms with E-state index in [0.717, 1.165) is 11.1 Å². The molecule has 234 valence electrons. The molecule has 0 saturated heterocycles. The smallest absolute Gasteiger partial charge is 0.414 e. The first-order chi connectivity index (χ1) is 21.8. The van der Waals surface area contributed by atoms with Gasteiger partial charge in [0.15, 0.2) is 11.6 Å². The minimum Gasteiger partial charge on any atom is -0.492 e. The molecule has 1 aliphatic rings. The second kappa shape index (κ2) is 15.5. The van der Waals surface area contributed by atoms with Crippen LogP contribution in [0, 0.1) is 11.7 Å². The number of amides is 2. The first-order valence-corrected chi connectivity index (χ1v) is 14.3. The van der Waals surface area contributed by atoms with Crippen molar-refractivity contribution in [1.82, 2.24) is 15.2 Å². The highest BCUT2D eigenvalue weighted by molar-refractivity contribution is 7.81. The van der Waals surface area contributed by atoms with Crippen LogP contribution < -0.4 is 24.8 Å². The normalized spacial score (nSPS) is 14.4. The van der Waals surface area contributed by atoms with Crippen molar-refractivity contribution in [2.24, 2.45) is 5.92 Å². The maximum Gasteiger partial charge on any atom is 0.414 e. The van der Waals surface area contributed by atoms with Crippen molar-refractivity contribution < 1.29 is 33.3 Å². The van der Waals surface area contributed by atoms with Crippen LogP contribution >= 0.6 is 12.2 Å². The van der Waals surface area contributed by atoms with Gasteiger partial charge in [0.1, 0.15) is 29.7 Å². The molecule has 45 heavy (non-hydrogen) atoms. The van der Waals surface area contributed by atoms with Gasteiger partial charge in [0, 0.05) is 36.5 Å². The maximum absolute atomic E-state index is 14.4. The maximum atomic E-state index is 14.4. The zero-order valence-corrected chi connectivity index (χ0v) is 25.4. The van der Waals surface area contributed by atoms with E-state index in [-0.39, 0.29) is 41.7 Å². The number of ether oxygens (including phenoxy) is 3. The van der Waals surface area contributed by atoms with Gasteiger partial charge in [-0.15, -0.1) is 6.58 Å². The molecule has 0 fully saturated rings. The van der Waals surface area contributed by atoms with Crippen molar-refractivity contribution in [1.29, 1.82) is 0 Å². The molecule has 0 radical (unpaired) electrons. The highest BCUT2D eigenvalue weighted by Gasteiger charge is 2.38. The number of nitrogens with one attached hydrogen (secondary N) is 2. The molecule has 4 rings (SSSR count). The number of carboxylic acid groups (broad SMARTS) is 1. The van der Waals surface area contributed by atoms with E-state index >= 15 is 0 Å². The van der Waals surface area contributed by atoms with Crippen LogP contribution in [-0.4, -0.2) is 52.2 Å². The SMILES string of the molecule is C=CCOc1cccc(COc2cnccc2CNC2=C(C(=S)Nc3cccc(F)c3OC)C(=O)N(C(=O)O)CC2CC=C)c1. The van der Waals surface area contributed by atoms with Gasteiger partial charge in [-0.2, -0.15) is 0 Å². The number of rotatable bonds is 14. The van der Waals surface area contributed by atoms with Gasteiger partial charge in [0.05, 0.1) is 24.6 Å². The number of aromatic nitrogens is 1. The van der Waals surface area contributed by atoms with E-state index in [0.29, 0.717) is 35.1 Å². The zero-order valence-electron chi connectivity index (χ0n) is 24.6. The zero-order chi connectivity index (χ0) is 32.3. The second-order valence-corrected chi connectivity index (χ2v) is 10.3. The summed E-state index contributed by atoms with van der Waals surface area (Å²) in [7, 11) is 1.30. The van der Waals surface area contributed by atoms with Gasteiger partial charge in [-0.25, -0.2) is 14.1 Å². The summed E-state index contributed by atoms with van der Waals surface area (Å²) < 4.78 is 31.3. The minimum atomic E-state index is -1.42. The number of benzene rings is 2. The molecular weight excluding hydrogens is 599 g/mol. The van der Waals surface area contributed by atoms with Crippen LogP contribution in [0.1, 0.15) is 17.5 Å². The van der Waals surface area contributed by atoms with Gasteiger partial charge in [-0.1, -0.05) is 49.1 Å². The molecular formula is C33H33FN4O6S. The van der Waals surface area contributed by atoms with Gasteiger partial charge >= 0.3 is 6.09 Å². The summed E-state index contributed by atoms with van der Waals surface area (Å²) in [6.07, 6.45) is 5.44. The number of halogens is 1. The average molecular weight is 633 g/mol. The van der Waals surface area contributed by atoms with Crippen molar-refractivity contribution in [2.75, 3.05) is 25.6 Å². The van der Waals surface area contributed by atoms with E-state index in [4.69, 9.17) is 26.4 Å². The van der Waals surface area contributed by atoms with E-state index in [9.17, 15) is 19.1 Å². The number of thiocarbonyl (C=S) groups is 1. The van der Waals surface area contributed by atoms with Crippen molar-refractivity contribution in [3.8, 4) is 17.2 Å². The molecule has 1 atom stereocenters. The molecule has 3 N–H and O–H groups in total. The van der Waals surface area contributed by atoms with Crippen LogP contribution in [0.2, 0.25) is 0 Å². The third-order valence-electron chi connectivity index (χ3n) is 6.87. The summed E-state index contributed by atoms with van der Waals surface area (Å²) >= 11 is 5.62. The van der Waals surface area contributed by atoms with E-state index in [1.165, 1.54) is 25.3 Å². The van der Waals surface area contributed by atoms with Gasteiger partial charge in [-0.05, 0) is 42.3 Å². The van der Waals surface area contributed by atoms with Crippen molar-refractivity contribution in [3.63, 3.8) is 0 Å². The number of anilines is 1. The predicted molar refractivity (Wildman–Crippen MR) is 172 cm³/mol. The van der Waals surface area contributed by atoms with E-state index in [2.05, 4.69) is 28.8 Å². The molecule has 0 bridgehead atoms. The molecule has 2 aromatic carbocycles. The Morgan fingerprint density at radius 2 is 2.00 bits per heavy atom. The van der Waals surface area contributed by atoms with Gasteiger partial charge in [0.2, 0.25) is 0 Å². The summed E-state index contributed by atoms with van der Waals surface area (Å²) in [5, 5.41) is 16.0. The molecule has 2 amide bonds.